The first-order valence-corrected chi connectivity index (χ1v) is 15.7. The molecule has 1 unspecified atom stereocenters. The fourth-order valence-electron chi connectivity index (χ4n) is 4.65. The Hall–Kier alpha value is -1.32. The van der Waals surface area contributed by atoms with E-state index in [0.29, 0.717) is 6.42 Å². The van der Waals surface area contributed by atoms with Gasteiger partial charge in [0.25, 0.3) is 0 Å². The minimum Gasteiger partial charge on any atom is -0.481 e. The van der Waals surface area contributed by atoms with Gasteiger partial charge in [-0.3, -0.25) is 9.59 Å². The highest BCUT2D eigenvalue weighted by Gasteiger charge is 2.14. The number of carbonyl (C=O) groups excluding carboxylic acids is 1. The summed E-state index contributed by atoms with van der Waals surface area (Å²) in [6.45, 7) is 4.49. The van der Waals surface area contributed by atoms with Crippen LogP contribution in [0, 0.1) is 0 Å². The van der Waals surface area contributed by atoms with Crippen LogP contribution in [0.5, 0.6) is 0 Å². The van der Waals surface area contributed by atoms with Crippen LogP contribution in [0.3, 0.4) is 0 Å². The lowest BCUT2D eigenvalue weighted by Crippen LogP contribution is -2.18. The van der Waals surface area contributed by atoms with E-state index < -0.39 is 5.97 Å². The van der Waals surface area contributed by atoms with E-state index >= 15 is 0 Å². The molecule has 0 aromatic rings. The molecule has 1 atom stereocenters. The van der Waals surface area contributed by atoms with Crippen molar-refractivity contribution in [3.05, 3.63) is 12.2 Å². The number of allylic oxidation sites excluding steroid dienone is 2. The molecule has 1 N–H and O–H groups in total. The van der Waals surface area contributed by atoms with Crippen LogP contribution in [-0.4, -0.2) is 23.1 Å². The smallest absolute Gasteiger partial charge is 0.306 e. The van der Waals surface area contributed by atoms with E-state index in [2.05, 4.69) is 26.0 Å². The van der Waals surface area contributed by atoms with Crippen LogP contribution in [0.1, 0.15) is 174 Å². The highest BCUT2D eigenvalue weighted by Crippen LogP contribution is 2.18. The van der Waals surface area contributed by atoms with Gasteiger partial charge in [0.1, 0.15) is 6.10 Å². The number of hydrogen-bond donors (Lipinski definition) is 1. The fraction of sp³-hybridized carbons (Fsp3) is 0.875. The molecule has 0 aliphatic carbocycles. The zero-order valence-electron chi connectivity index (χ0n) is 24.1. The maximum atomic E-state index is 12.4. The van der Waals surface area contributed by atoms with Gasteiger partial charge < -0.3 is 9.84 Å². The predicted molar refractivity (Wildman–Crippen MR) is 153 cm³/mol. The second-order valence-corrected chi connectivity index (χ2v) is 10.6. The minimum absolute atomic E-state index is 0.0129. The molecule has 0 heterocycles. The number of hydrogen-bond acceptors (Lipinski definition) is 3. The van der Waals surface area contributed by atoms with E-state index in [0.717, 1.165) is 64.2 Å². The summed E-state index contributed by atoms with van der Waals surface area (Å²) in [5, 5.41) is 8.73. The topological polar surface area (TPSA) is 63.6 Å². The molecule has 0 aromatic carbocycles. The van der Waals surface area contributed by atoms with Crippen LogP contribution < -0.4 is 0 Å². The van der Waals surface area contributed by atoms with Crippen LogP contribution in [0.4, 0.5) is 0 Å². The third-order valence-electron chi connectivity index (χ3n) is 6.99. The molecule has 0 radical (unpaired) electrons. The zero-order chi connectivity index (χ0) is 26.5. The first-order valence-electron chi connectivity index (χ1n) is 15.7. The number of esters is 1. The lowest BCUT2D eigenvalue weighted by Gasteiger charge is -2.18. The summed E-state index contributed by atoms with van der Waals surface area (Å²) in [6, 6.07) is 0. The Morgan fingerprint density at radius 3 is 1.53 bits per heavy atom. The van der Waals surface area contributed by atoms with Crippen molar-refractivity contribution < 1.29 is 19.4 Å². The molecule has 0 saturated carbocycles. The second-order valence-electron chi connectivity index (χ2n) is 10.6. The molecule has 36 heavy (non-hydrogen) atoms. The van der Waals surface area contributed by atoms with E-state index in [4.69, 9.17) is 9.84 Å². The molecule has 4 nitrogen and oxygen atoms in total. The average molecular weight is 509 g/mol. The largest absolute Gasteiger partial charge is 0.481 e. The van der Waals surface area contributed by atoms with Crippen molar-refractivity contribution in [1.82, 2.24) is 0 Å². The van der Waals surface area contributed by atoms with Crippen LogP contribution >= 0.6 is 0 Å². The van der Waals surface area contributed by atoms with Gasteiger partial charge in [-0.15, -0.1) is 0 Å². The lowest BCUT2D eigenvalue weighted by molar-refractivity contribution is -0.150. The van der Waals surface area contributed by atoms with Gasteiger partial charge in [0.15, 0.2) is 0 Å². The predicted octanol–water partition coefficient (Wildman–Crippen LogP) is 10.3. The normalized spacial score (nSPS) is 12.3. The molecule has 0 aromatic heterocycles. The number of carboxylic acid groups (broad SMARTS) is 1. The lowest BCUT2D eigenvalue weighted by atomic mass is 10.0. The molecule has 0 saturated heterocycles. The van der Waals surface area contributed by atoms with E-state index in [1.54, 1.807) is 0 Å². The maximum Gasteiger partial charge on any atom is 0.306 e. The third kappa shape index (κ3) is 27.3. The monoisotopic (exact) mass is 508 g/mol. The highest BCUT2D eigenvalue weighted by molar-refractivity contribution is 5.69. The molecule has 0 aliphatic heterocycles. The van der Waals surface area contributed by atoms with Crippen LogP contribution in [0.25, 0.3) is 0 Å². The van der Waals surface area contributed by atoms with E-state index in [1.807, 2.05) is 0 Å². The molecule has 0 aliphatic rings. The Balaban J connectivity index is 3.92. The summed E-state index contributed by atoms with van der Waals surface area (Å²) >= 11 is 0. The molecule has 212 valence electrons. The van der Waals surface area contributed by atoms with Crippen LogP contribution in [0.15, 0.2) is 12.2 Å². The fourth-order valence-corrected chi connectivity index (χ4v) is 4.65. The van der Waals surface area contributed by atoms with Gasteiger partial charge in [-0.2, -0.15) is 0 Å². The number of carbonyl (C=O) groups is 2. The summed E-state index contributed by atoms with van der Waals surface area (Å²) in [5.74, 6) is -0.716. The Morgan fingerprint density at radius 1 is 0.583 bits per heavy atom. The Morgan fingerprint density at radius 2 is 1.00 bits per heavy atom. The quantitative estimate of drug-likeness (QED) is 0.0648. The van der Waals surface area contributed by atoms with Gasteiger partial charge in [-0.1, -0.05) is 109 Å². The van der Waals surface area contributed by atoms with Crippen molar-refractivity contribution >= 4 is 11.9 Å². The number of carboxylic acids is 1. The zero-order valence-corrected chi connectivity index (χ0v) is 24.1. The Labute approximate surface area is 224 Å². The summed E-state index contributed by atoms with van der Waals surface area (Å²) in [7, 11) is 0. The van der Waals surface area contributed by atoms with Gasteiger partial charge >= 0.3 is 11.9 Å². The molecule has 0 fully saturated rings. The molecule has 0 amide bonds. The molecule has 4 heteroatoms. The number of ether oxygens (including phenoxy) is 1. The van der Waals surface area contributed by atoms with Gasteiger partial charge in [0.05, 0.1) is 0 Å². The molecular weight excluding hydrogens is 448 g/mol. The van der Waals surface area contributed by atoms with E-state index in [-0.39, 0.29) is 18.5 Å². The van der Waals surface area contributed by atoms with E-state index in [9.17, 15) is 9.59 Å². The van der Waals surface area contributed by atoms with Gasteiger partial charge in [-0.25, -0.2) is 0 Å². The van der Waals surface area contributed by atoms with Crippen LogP contribution in [-0.2, 0) is 14.3 Å². The van der Waals surface area contributed by atoms with E-state index in [1.165, 1.54) is 83.5 Å². The van der Waals surface area contributed by atoms with Gasteiger partial charge in [0.2, 0.25) is 0 Å². The molecule has 0 spiro atoms. The summed E-state index contributed by atoms with van der Waals surface area (Å²) in [4.78, 5) is 23.0. The Kier molecular flexibility index (Phi) is 27.2. The van der Waals surface area contributed by atoms with Gasteiger partial charge in [0, 0.05) is 12.8 Å². The molecular formula is C32H60O4. The number of rotatable bonds is 28. The number of aliphatic carboxylic acids is 1. The van der Waals surface area contributed by atoms with Gasteiger partial charge in [-0.05, 0) is 64.2 Å². The first kappa shape index (κ1) is 34.7. The number of unbranched alkanes of at least 4 members (excludes halogenated alkanes) is 17. The average Bonchev–Trinajstić information content (AvgIpc) is 2.85. The SMILES string of the molecule is CCCCCC/C=C\CCCCCCCC(=O)OC(CCCCCCC)CCCCCCCC(=O)O. The van der Waals surface area contributed by atoms with Crippen molar-refractivity contribution in [3.63, 3.8) is 0 Å². The van der Waals surface area contributed by atoms with Crippen molar-refractivity contribution in [2.45, 2.75) is 180 Å². The summed E-state index contributed by atoms with van der Waals surface area (Å²) in [5.41, 5.74) is 0. The Bertz CT molecular complexity index is 514. The van der Waals surface area contributed by atoms with Crippen molar-refractivity contribution in [3.8, 4) is 0 Å². The summed E-state index contributed by atoms with van der Waals surface area (Å²) in [6.07, 6.45) is 32.2. The van der Waals surface area contributed by atoms with Crippen LogP contribution in [0.2, 0.25) is 0 Å². The maximum absolute atomic E-state index is 12.4. The second kappa shape index (κ2) is 28.3. The standard InChI is InChI=1S/C32H60O4/c1-3-5-7-9-10-11-12-13-14-15-16-21-25-29-32(35)36-30(26-22-18-8-6-4-2)27-23-19-17-20-24-28-31(33)34/h11-12,30H,3-10,13-29H2,1-2H3,(H,33,34)/b12-11-. The van der Waals surface area contributed by atoms with Crippen molar-refractivity contribution in [1.29, 1.82) is 0 Å². The highest BCUT2D eigenvalue weighted by atomic mass is 16.5. The first-order chi connectivity index (χ1) is 17.6. The minimum atomic E-state index is -0.703. The molecule has 0 rings (SSSR count). The van der Waals surface area contributed by atoms with Crippen molar-refractivity contribution in [2.75, 3.05) is 0 Å². The van der Waals surface area contributed by atoms with Crippen molar-refractivity contribution in [2.24, 2.45) is 0 Å². The molecule has 0 bridgehead atoms. The summed E-state index contributed by atoms with van der Waals surface area (Å²) < 4.78 is 5.90. The third-order valence-corrected chi connectivity index (χ3v) is 6.99.